The number of likely N-dealkylation sites (tertiary alicyclic amines) is 1. The highest BCUT2D eigenvalue weighted by Gasteiger charge is 2.41. The van der Waals surface area contributed by atoms with E-state index in [1.165, 1.54) is 4.90 Å². The molecule has 0 aromatic rings. The van der Waals surface area contributed by atoms with Crippen LogP contribution in [-0.4, -0.2) is 28.8 Å². The van der Waals surface area contributed by atoms with Crippen molar-refractivity contribution in [3.05, 3.63) is 0 Å². The third kappa shape index (κ3) is 2.04. The molecular weight excluding hydrogens is 192 g/mol. The highest BCUT2D eigenvalue weighted by molar-refractivity contribution is 5.98. The Kier molecular flexibility index (Phi) is 3.85. The van der Waals surface area contributed by atoms with Gasteiger partial charge in [0.15, 0.2) is 0 Å². The van der Waals surface area contributed by atoms with Crippen molar-refractivity contribution >= 4 is 11.8 Å². The number of hydrogen-bond donors (Lipinski definition) is 1. The Labute approximate surface area is 90.8 Å². The number of amides is 2. The number of carbonyl (C=O) groups is 2. The first kappa shape index (κ1) is 12.2. The number of rotatable bonds is 4. The number of hydrogen-bond acceptors (Lipinski definition) is 3. The summed E-state index contributed by atoms with van der Waals surface area (Å²) in [5, 5.41) is 0. The molecule has 4 heteroatoms. The Morgan fingerprint density at radius 3 is 2.00 bits per heavy atom. The van der Waals surface area contributed by atoms with E-state index in [1.54, 1.807) is 0 Å². The fraction of sp³-hybridized carbons (Fsp3) is 0.818. The highest BCUT2D eigenvalue weighted by Crippen LogP contribution is 2.28. The second kappa shape index (κ2) is 4.75. The van der Waals surface area contributed by atoms with E-state index >= 15 is 0 Å². The van der Waals surface area contributed by atoms with Gasteiger partial charge in [-0.25, -0.2) is 0 Å². The normalized spacial score (nSPS) is 18.5. The van der Waals surface area contributed by atoms with Crippen molar-refractivity contribution < 1.29 is 9.59 Å². The summed E-state index contributed by atoms with van der Waals surface area (Å²) >= 11 is 0. The summed E-state index contributed by atoms with van der Waals surface area (Å²) < 4.78 is 0. The van der Waals surface area contributed by atoms with Crippen LogP contribution >= 0.6 is 0 Å². The molecule has 15 heavy (non-hydrogen) atoms. The minimum Gasteiger partial charge on any atom is -0.328 e. The predicted molar refractivity (Wildman–Crippen MR) is 58.1 cm³/mol. The maximum absolute atomic E-state index is 11.8. The van der Waals surface area contributed by atoms with Gasteiger partial charge in [-0.1, -0.05) is 13.8 Å². The number of nitrogens with zero attached hydrogens (tertiary/aromatic N) is 1. The van der Waals surface area contributed by atoms with Gasteiger partial charge in [-0.15, -0.1) is 0 Å². The van der Waals surface area contributed by atoms with Gasteiger partial charge in [-0.3, -0.25) is 14.5 Å². The van der Waals surface area contributed by atoms with Crippen LogP contribution in [0.4, 0.5) is 0 Å². The molecule has 1 aliphatic rings. The molecule has 4 nitrogen and oxygen atoms in total. The SMILES string of the molecule is CCC(CC)(CN)N1C(=O)CCCC1=O. The van der Waals surface area contributed by atoms with Gasteiger partial charge in [-0.2, -0.15) is 0 Å². The van der Waals surface area contributed by atoms with Crippen LogP contribution in [0.15, 0.2) is 0 Å². The van der Waals surface area contributed by atoms with E-state index in [4.69, 9.17) is 5.73 Å². The van der Waals surface area contributed by atoms with Gasteiger partial charge in [0.1, 0.15) is 0 Å². The highest BCUT2D eigenvalue weighted by atomic mass is 16.2. The molecule has 0 atom stereocenters. The van der Waals surface area contributed by atoms with E-state index in [9.17, 15) is 9.59 Å². The maximum atomic E-state index is 11.8. The number of carbonyl (C=O) groups excluding carboxylic acids is 2. The fourth-order valence-corrected chi connectivity index (χ4v) is 2.23. The van der Waals surface area contributed by atoms with Crippen LogP contribution < -0.4 is 5.73 Å². The standard InChI is InChI=1S/C11H20N2O2/c1-3-11(4-2,8-12)13-9(14)6-5-7-10(13)15/h3-8,12H2,1-2H3. The summed E-state index contributed by atoms with van der Waals surface area (Å²) in [6.45, 7) is 4.31. The van der Waals surface area contributed by atoms with Gasteiger partial charge in [-0.05, 0) is 19.3 Å². The summed E-state index contributed by atoms with van der Waals surface area (Å²) in [6.07, 6.45) is 3.11. The Hall–Kier alpha value is -0.900. The van der Waals surface area contributed by atoms with Gasteiger partial charge < -0.3 is 5.73 Å². The van der Waals surface area contributed by atoms with Crippen molar-refractivity contribution in [1.29, 1.82) is 0 Å². The quantitative estimate of drug-likeness (QED) is 0.708. The van der Waals surface area contributed by atoms with Crippen LogP contribution in [-0.2, 0) is 9.59 Å². The average Bonchev–Trinajstić information content (AvgIpc) is 2.24. The lowest BCUT2D eigenvalue weighted by Gasteiger charge is -2.42. The molecule has 1 saturated heterocycles. The lowest BCUT2D eigenvalue weighted by Crippen LogP contribution is -2.59. The van der Waals surface area contributed by atoms with Gasteiger partial charge in [0, 0.05) is 19.4 Å². The van der Waals surface area contributed by atoms with Crippen LogP contribution in [0.1, 0.15) is 46.0 Å². The van der Waals surface area contributed by atoms with Crippen molar-refractivity contribution in [2.45, 2.75) is 51.5 Å². The lowest BCUT2D eigenvalue weighted by atomic mass is 9.88. The molecule has 0 aromatic heterocycles. The largest absolute Gasteiger partial charge is 0.328 e. The number of imide groups is 1. The number of piperidine rings is 1. The molecule has 2 N–H and O–H groups in total. The van der Waals surface area contributed by atoms with Crippen molar-refractivity contribution in [2.75, 3.05) is 6.54 Å². The molecule has 0 saturated carbocycles. The van der Waals surface area contributed by atoms with Gasteiger partial charge in [0.2, 0.25) is 11.8 Å². The topological polar surface area (TPSA) is 63.4 Å². The Morgan fingerprint density at radius 1 is 1.20 bits per heavy atom. The molecule has 1 fully saturated rings. The molecule has 1 heterocycles. The van der Waals surface area contributed by atoms with Crippen LogP contribution in [0.2, 0.25) is 0 Å². The second-order valence-corrected chi connectivity index (χ2v) is 4.11. The summed E-state index contributed by atoms with van der Waals surface area (Å²) in [5.74, 6) is -0.110. The Morgan fingerprint density at radius 2 is 1.67 bits per heavy atom. The number of nitrogens with two attached hydrogens (primary N) is 1. The molecule has 0 aliphatic carbocycles. The van der Waals surface area contributed by atoms with E-state index in [2.05, 4.69) is 0 Å². The first-order chi connectivity index (χ1) is 7.11. The van der Waals surface area contributed by atoms with E-state index in [0.717, 1.165) is 12.8 Å². The van der Waals surface area contributed by atoms with Crippen LogP contribution in [0.25, 0.3) is 0 Å². The van der Waals surface area contributed by atoms with E-state index in [-0.39, 0.29) is 11.8 Å². The molecule has 2 amide bonds. The summed E-state index contributed by atoms with van der Waals surface area (Å²) in [4.78, 5) is 25.0. The van der Waals surface area contributed by atoms with Crippen molar-refractivity contribution in [1.82, 2.24) is 4.90 Å². The zero-order valence-corrected chi connectivity index (χ0v) is 9.58. The monoisotopic (exact) mass is 212 g/mol. The van der Waals surface area contributed by atoms with Gasteiger partial charge >= 0.3 is 0 Å². The molecule has 0 spiro atoms. The summed E-state index contributed by atoms with van der Waals surface area (Å²) in [7, 11) is 0. The molecule has 1 rings (SSSR count). The molecule has 0 radical (unpaired) electrons. The van der Waals surface area contributed by atoms with Crippen molar-refractivity contribution in [3.63, 3.8) is 0 Å². The second-order valence-electron chi connectivity index (χ2n) is 4.11. The molecule has 1 aliphatic heterocycles. The maximum Gasteiger partial charge on any atom is 0.229 e. The van der Waals surface area contributed by atoms with E-state index < -0.39 is 5.54 Å². The smallest absolute Gasteiger partial charge is 0.229 e. The molecular formula is C11H20N2O2. The Balaban J connectivity index is 2.98. The first-order valence-electron chi connectivity index (χ1n) is 5.67. The molecule has 0 unspecified atom stereocenters. The van der Waals surface area contributed by atoms with Crippen molar-refractivity contribution in [3.8, 4) is 0 Å². The fourth-order valence-electron chi connectivity index (χ4n) is 2.23. The van der Waals surface area contributed by atoms with E-state index in [1.807, 2.05) is 13.8 Å². The van der Waals surface area contributed by atoms with Crippen LogP contribution in [0, 0.1) is 0 Å². The predicted octanol–water partition coefficient (Wildman–Crippen LogP) is 1.04. The summed E-state index contributed by atoms with van der Waals surface area (Å²) in [6, 6.07) is 0. The minimum absolute atomic E-state index is 0.0552. The van der Waals surface area contributed by atoms with E-state index in [0.29, 0.717) is 25.8 Å². The van der Waals surface area contributed by atoms with Gasteiger partial charge in [0.05, 0.1) is 5.54 Å². The average molecular weight is 212 g/mol. The minimum atomic E-state index is -0.450. The lowest BCUT2D eigenvalue weighted by molar-refractivity contribution is -0.156. The molecule has 0 bridgehead atoms. The van der Waals surface area contributed by atoms with Crippen molar-refractivity contribution in [2.24, 2.45) is 5.73 Å². The third-order valence-corrected chi connectivity index (χ3v) is 3.45. The first-order valence-corrected chi connectivity index (χ1v) is 5.67. The van der Waals surface area contributed by atoms with Crippen LogP contribution in [0.3, 0.4) is 0 Å². The van der Waals surface area contributed by atoms with Gasteiger partial charge in [0.25, 0.3) is 0 Å². The zero-order chi connectivity index (χ0) is 11.5. The molecule has 86 valence electrons. The third-order valence-electron chi connectivity index (χ3n) is 3.45. The van der Waals surface area contributed by atoms with Crippen LogP contribution in [0.5, 0.6) is 0 Å². The Bertz CT molecular complexity index is 235. The zero-order valence-electron chi connectivity index (χ0n) is 9.58. The summed E-state index contributed by atoms with van der Waals surface area (Å²) in [5.41, 5.74) is 5.29. The molecule has 0 aromatic carbocycles.